The largest absolute Gasteiger partial charge is 0.301 e. The van der Waals surface area contributed by atoms with Crippen LogP contribution >= 0.6 is 0 Å². The average Bonchev–Trinajstić information content (AvgIpc) is 2.42. The minimum Gasteiger partial charge on any atom is -0.301 e. The molecule has 1 atom stereocenters. The lowest BCUT2D eigenvalue weighted by Gasteiger charge is -2.28. The molecule has 1 saturated heterocycles. The Hall–Kier alpha value is -0.0400. The van der Waals surface area contributed by atoms with E-state index in [1.807, 2.05) is 0 Å². The normalized spacial score (nSPS) is 22.3. The summed E-state index contributed by atoms with van der Waals surface area (Å²) in [6.07, 6.45) is 8.52. The van der Waals surface area contributed by atoms with E-state index in [2.05, 4.69) is 25.7 Å². The summed E-state index contributed by atoms with van der Waals surface area (Å²) in [4.78, 5) is 2.70. The third-order valence-corrected chi connectivity index (χ3v) is 3.43. The molecule has 0 radical (unpaired) electrons. The maximum absolute atomic E-state index is 2.70. The van der Waals surface area contributed by atoms with Crippen LogP contribution in [0.2, 0.25) is 0 Å². The second-order valence-corrected chi connectivity index (χ2v) is 5.27. The maximum atomic E-state index is 2.70. The van der Waals surface area contributed by atoms with E-state index in [1.165, 1.54) is 51.6 Å². The first-order chi connectivity index (χ1) is 6.70. The van der Waals surface area contributed by atoms with Gasteiger partial charge in [-0.2, -0.15) is 0 Å². The van der Waals surface area contributed by atoms with Crippen molar-refractivity contribution >= 4 is 0 Å². The molecule has 1 fully saturated rings. The van der Waals surface area contributed by atoms with Crippen LogP contribution in [0, 0.1) is 5.92 Å². The summed E-state index contributed by atoms with van der Waals surface area (Å²) in [5, 5.41) is 0. The Morgan fingerprint density at radius 1 is 0.857 bits per heavy atom. The molecule has 0 amide bonds. The molecule has 1 nitrogen and oxygen atoms in total. The summed E-state index contributed by atoms with van der Waals surface area (Å²) in [7, 11) is 0. The number of hydrogen-bond acceptors (Lipinski definition) is 1. The van der Waals surface area contributed by atoms with Crippen molar-refractivity contribution in [2.45, 2.75) is 65.3 Å². The van der Waals surface area contributed by atoms with Gasteiger partial charge in [0.15, 0.2) is 0 Å². The molecular weight excluding hydrogens is 170 g/mol. The highest BCUT2D eigenvalue weighted by Gasteiger charge is 2.15. The lowest BCUT2D eigenvalue weighted by atomic mass is 10.0. The third kappa shape index (κ3) is 4.45. The number of nitrogens with zero attached hydrogens (tertiary/aromatic N) is 1. The zero-order valence-corrected chi connectivity index (χ0v) is 10.3. The fourth-order valence-corrected chi connectivity index (χ4v) is 2.29. The van der Waals surface area contributed by atoms with Crippen LogP contribution in [0.5, 0.6) is 0 Å². The molecule has 1 heterocycles. The molecular formula is C13H27N. The Kier molecular flexibility index (Phi) is 5.54. The van der Waals surface area contributed by atoms with Crippen LogP contribution in [0.15, 0.2) is 0 Å². The quantitative estimate of drug-likeness (QED) is 0.664. The van der Waals surface area contributed by atoms with Crippen LogP contribution in [0.3, 0.4) is 0 Å². The molecule has 1 rings (SSSR count). The molecule has 1 aliphatic rings. The monoisotopic (exact) mass is 197 g/mol. The van der Waals surface area contributed by atoms with E-state index in [0.717, 1.165) is 12.0 Å². The van der Waals surface area contributed by atoms with Crippen molar-refractivity contribution in [1.29, 1.82) is 0 Å². The number of likely N-dealkylation sites (tertiary alicyclic amines) is 1. The SMILES string of the molecule is CC(C)CCC(C)N1CCCCCC1. The predicted molar refractivity (Wildman–Crippen MR) is 63.6 cm³/mol. The maximum Gasteiger partial charge on any atom is 0.00670 e. The van der Waals surface area contributed by atoms with Gasteiger partial charge in [-0.15, -0.1) is 0 Å². The van der Waals surface area contributed by atoms with Crippen molar-refractivity contribution < 1.29 is 0 Å². The van der Waals surface area contributed by atoms with Crippen molar-refractivity contribution in [3.8, 4) is 0 Å². The van der Waals surface area contributed by atoms with Gasteiger partial charge in [-0.05, 0) is 51.6 Å². The van der Waals surface area contributed by atoms with Gasteiger partial charge in [0.2, 0.25) is 0 Å². The highest BCUT2D eigenvalue weighted by atomic mass is 15.1. The lowest BCUT2D eigenvalue weighted by molar-refractivity contribution is 0.200. The van der Waals surface area contributed by atoms with Crippen molar-refractivity contribution in [3.63, 3.8) is 0 Å². The molecule has 0 N–H and O–H groups in total. The fraction of sp³-hybridized carbons (Fsp3) is 1.00. The minimum atomic E-state index is 0.815. The van der Waals surface area contributed by atoms with E-state index >= 15 is 0 Å². The van der Waals surface area contributed by atoms with Gasteiger partial charge in [0, 0.05) is 6.04 Å². The molecule has 1 unspecified atom stereocenters. The predicted octanol–water partition coefficient (Wildman–Crippen LogP) is 3.69. The van der Waals surface area contributed by atoms with Crippen LogP contribution in [-0.4, -0.2) is 24.0 Å². The van der Waals surface area contributed by atoms with Gasteiger partial charge in [-0.1, -0.05) is 26.7 Å². The Morgan fingerprint density at radius 3 is 1.93 bits per heavy atom. The van der Waals surface area contributed by atoms with Gasteiger partial charge in [-0.3, -0.25) is 0 Å². The zero-order chi connectivity index (χ0) is 10.4. The summed E-state index contributed by atoms with van der Waals surface area (Å²) in [5.74, 6) is 0.865. The molecule has 1 heteroatoms. The van der Waals surface area contributed by atoms with Crippen LogP contribution in [0.25, 0.3) is 0 Å². The Bertz CT molecular complexity index is 134. The van der Waals surface area contributed by atoms with Crippen LogP contribution < -0.4 is 0 Å². The number of hydrogen-bond donors (Lipinski definition) is 0. The van der Waals surface area contributed by atoms with Gasteiger partial charge < -0.3 is 4.90 Å². The van der Waals surface area contributed by atoms with Crippen molar-refractivity contribution in [3.05, 3.63) is 0 Å². The summed E-state index contributed by atoms with van der Waals surface area (Å²) in [5.41, 5.74) is 0. The average molecular weight is 197 g/mol. The lowest BCUT2D eigenvalue weighted by Crippen LogP contribution is -2.34. The molecule has 1 aliphatic heterocycles. The van der Waals surface area contributed by atoms with Crippen LogP contribution in [0.1, 0.15) is 59.3 Å². The van der Waals surface area contributed by atoms with E-state index < -0.39 is 0 Å². The van der Waals surface area contributed by atoms with E-state index in [9.17, 15) is 0 Å². The van der Waals surface area contributed by atoms with Crippen LogP contribution in [0.4, 0.5) is 0 Å². The number of rotatable bonds is 4. The Morgan fingerprint density at radius 2 is 1.43 bits per heavy atom. The molecule has 0 aromatic rings. The van der Waals surface area contributed by atoms with Crippen molar-refractivity contribution in [2.75, 3.05) is 13.1 Å². The van der Waals surface area contributed by atoms with Gasteiger partial charge >= 0.3 is 0 Å². The fourth-order valence-electron chi connectivity index (χ4n) is 2.29. The summed E-state index contributed by atoms with van der Waals surface area (Å²) >= 11 is 0. The summed E-state index contributed by atoms with van der Waals surface area (Å²) in [6.45, 7) is 9.76. The summed E-state index contributed by atoms with van der Waals surface area (Å²) < 4.78 is 0. The molecule has 0 saturated carbocycles. The Labute approximate surface area is 89.9 Å². The second-order valence-electron chi connectivity index (χ2n) is 5.27. The van der Waals surface area contributed by atoms with Crippen molar-refractivity contribution in [2.24, 2.45) is 5.92 Å². The van der Waals surface area contributed by atoms with E-state index in [4.69, 9.17) is 0 Å². The zero-order valence-electron chi connectivity index (χ0n) is 10.3. The highest BCUT2D eigenvalue weighted by Crippen LogP contribution is 2.16. The first-order valence-corrected chi connectivity index (χ1v) is 6.44. The molecule has 0 spiro atoms. The summed E-state index contributed by atoms with van der Waals surface area (Å²) in [6, 6.07) is 0.815. The topological polar surface area (TPSA) is 3.24 Å². The second kappa shape index (κ2) is 6.44. The first kappa shape index (κ1) is 12.0. The highest BCUT2D eigenvalue weighted by molar-refractivity contribution is 4.70. The molecule has 0 aliphatic carbocycles. The van der Waals surface area contributed by atoms with Gasteiger partial charge in [0.25, 0.3) is 0 Å². The van der Waals surface area contributed by atoms with Gasteiger partial charge in [0.1, 0.15) is 0 Å². The van der Waals surface area contributed by atoms with Crippen molar-refractivity contribution in [1.82, 2.24) is 4.90 Å². The Balaban J connectivity index is 2.23. The third-order valence-electron chi connectivity index (χ3n) is 3.43. The van der Waals surface area contributed by atoms with Gasteiger partial charge in [0.05, 0.1) is 0 Å². The van der Waals surface area contributed by atoms with E-state index in [0.29, 0.717) is 0 Å². The van der Waals surface area contributed by atoms with E-state index in [1.54, 1.807) is 0 Å². The first-order valence-electron chi connectivity index (χ1n) is 6.44. The van der Waals surface area contributed by atoms with Gasteiger partial charge in [-0.25, -0.2) is 0 Å². The standard InChI is InChI=1S/C13H27N/c1-12(2)8-9-13(3)14-10-6-4-5-7-11-14/h12-13H,4-11H2,1-3H3. The molecule has 14 heavy (non-hydrogen) atoms. The molecule has 0 bridgehead atoms. The minimum absolute atomic E-state index is 0.815. The molecule has 0 aromatic carbocycles. The van der Waals surface area contributed by atoms with Crippen LogP contribution in [-0.2, 0) is 0 Å². The molecule has 84 valence electrons. The van der Waals surface area contributed by atoms with E-state index in [-0.39, 0.29) is 0 Å². The smallest absolute Gasteiger partial charge is 0.00670 e. The molecule has 0 aromatic heterocycles.